The number of likely N-dealkylation sites (tertiary alicyclic amines) is 1. The molecule has 1 N–H and O–H groups in total. The number of aliphatic hydroxyl groups is 1. The standard InChI is InChI=1S/C17H27NO2/c1-13-7-6-8-14(2)17(13)20-12-16(19)11-18-10-5-4-9-15(18)3/h6-8,15-16,19H,4-5,9-12H2,1-3H3/t15-,16+/m0/s1. The maximum Gasteiger partial charge on any atom is 0.125 e. The molecule has 2 atom stereocenters. The summed E-state index contributed by atoms with van der Waals surface area (Å²) >= 11 is 0. The van der Waals surface area contributed by atoms with Gasteiger partial charge < -0.3 is 9.84 Å². The zero-order chi connectivity index (χ0) is 14.5. The molecule has 1 fully saturated rings. The SMILES string of the molecule is Cc1cccc(C)c1OC[C@H](O)CN1CCCC[C@@H]1C. The Morgan fingerprint density at radius 1 is 1.30 bits per heavy atom. The number of hydrogen-bond acceptors (Lipinski definition) is 3. The van der Waals surface area contributed by atoms with E-state index >= 15 is 0 Å². The van der Waals surface area contributed by atoms with Gasteiger partial charge in [-0.3, -0.25) is 4.90 Å². The van der Waals surface area contributed by atoms with Crippen LogP contribution in [-0.4, -0.2) is 41.8 Å². The minimum absolute atomic E-state index is 0.370. The molecule has 0 aliphatic carbocycles. The highest BCUT2D eigenvalue weighted by atomic mass is 16.5. The number of β-amino-alcohol motifs (C(OH)–C–C–N with tert-alkyl or cyclic N) is 1. The summed E-state index contributed by atoms with van der Waals surface area (Å²) in [5, 5.41) is 10.2. The van der Waals surface area contributed by atoms with Crippen molar-refractivity contribution < 1.29 is 9.84 Å². The van der Waals surface area contributed by atoms with E-state index in [0.29, 0.717) is 19.2 Å². The number of nitrogens with zero attached hydrogens (tertiary/aromatic N) is 1. The van der Waals surface area contributed by atoms with E-state index in [1.807, 2.05) is 32.0 Å². The minimum Gasteiger partial charge on any atom is -0.490 e. The maximum atomic E-state index is 10.2. The van der Waals surface area contributed by atoms with E-state index < -0.39 is 6.10 Å². The Bertz CT molecular complexity index is 413. The Morgan fingerprint density at radius 3 is 2.65 bits per heavy atom. The van der Waals surface area contributed by atoms with Crippen molar-refractivity contribution in [3.8, 4) is 5.75 Å². The molecular formula is C17H27NO2. The molecule has 1 aliphatic heterocycles. The van der Waals surface area contributed by atoms with E-state index in [4.69, 9.17) is 4.74 Å². The molecule has 3 heteroatoms. The van der Waals surface area contributed by atoms with E-state index in [2.05, 4.69) is 11.8 Å². The van der Waals surface area contributed by atoms with Gasteiger partial charge in [-0.2, -0.15) is 0 Å². The molecule has 0 unspecified atom stereocenters. The van der Waals surface area contributed by atoms with Gasteiger partial charge in [0.15, 0.2) is 0 Å². The summed E-state index contributed by atoms with van der Waals surface area (Å²) in [5.74, 6) is 0.915. The summed E-state index contributed by atoms with van der Waals surface area (Å²) in [7, 11) is 0. The van der Waals surface area contributed by atoms with Crippen LogP contribution in [0.4, 0.5) is 0 Å². The van der Waals surface area contributed by atoms with Gasteiger partial charge in [-0.25, -0.2) is 0 Å². The lowest BCUT2D eigenvalue weighted by atomic mass is 10.0. The van der Waals surface area contributed by atoms with Gasteiger partial charge in [0.05, 0.1) is 0 Å². The van der Waals surface area contributed by atoms with Crippen molar-refractivity contribution in [2.24, 2.45) is 0 Å². The van der Waals surface area contributed by atoms with Crippen LogP contribution >= 0.6 is 0 Å². The highest BCUT2D eigenvalue weighted by Crippen LogP contribution is 2.22. The second-order valence-corrected chi connectivity index (χ2v) is 6.03. The second kappa shape index (κ2) is 7.09. The number of ether oxygens (including phenoxy) is 1. The van der Waals surface area contributed by atoms with Crippen LogP contribution in [-0.2, 0) is 0 Å². The number of piperidine rings is 1. The van der Waals surface area contributed by atoms with Crippen molar-refractivity contribution in [2.75, 3.05) is 19.7 Å². The maximum absolute atomic E-state index is 10.2. The summed E-state index contributed by atoms with van der Waals surface area (Å²) in [6, 6.07) is 6.70. The van der Waals surface area contributed by atoms with Crippen LogP contribution in [0.3, 0.4) is 0 Å². The molecular weight excluding hydrogens is 250 g/mol. The van der Waals surface area contributed by atoms with Gasteiger partial charge >= 0.3 is 0 Å². The van der Waals surface area contributed by atoms with Crippen LogP contribution in [0.1, 0.15) is 37.3 Å². The number of benzene rings is 1. The molecule has 1 aromatic carbocycles. The van der Waals surface area contributed by atoms with Crippen molar-refractivity contribution in [1.82, 2.24) is 4.90 Å². The summed E-state index contributed by atoms with van der Waals surface area (Å²) in [4.78, 5) is 2.38. The van der Waals surface area contributed by atoms with E-state index in [-0.39, 0.29) is 0 Å². The average molecular weight is 277 g/mol. The predicted octanol–water partition coefficient (Wildman–Crippen LogP) is 2.92. The molecule has 3 nitrogen and oxygen atoms in total. The van der Waals surface area contributed by atoms with Crippen LogP contribution in [0, 0.1) is 13.8 Å². The normalized spacial score (nSPS) is 21.7. The van der Waals surface area contributed by atoms with Crippen molar-refractivity contribution >= 4 is 0 Å². The molecule has 1 saturated heterocycles. The first-order valence-electron chi connectivity index (χ1n) is 7.69. The van der Waals surface area contributed by atoms with Crippen LogP contribution in [0.2, 0.25) is 0 Å². The van der Waals surface area contributed by atoms with Gasteiger partial charge in [-0.15, -0.1) is 0 Å². The first kappa shape index (κ1) is 15.3. The second-order valence-electron chi connectivity index (χ2n) is 6.03. The number of rotatable bonds is 5. The van der Waals surface area contributed by atoms with Gasteiger partial charge in [0.25, 0.3) is 0 Å². The molecule has 2 rings (SSSR count). The summed E-state index contributed by atoms with van der Waals surface area (Å²) in [5.41, 5.74) is 2.26. The average Bonchev–Trinajstić information content (AvgIpc) is 2.41. The van der Waals surface area contributed by atoms with Crippen molar-refractivity contribution in [2.45, 2.75) is 52.2 Å². The van der Waals surface area contributed by atoms with Crippen molar-refractivity contribution in [3.63, 3.8) is 0 Å². The Morgan fingerprint density at radius 2 is 2.00 bits per heavy atom. The Hall–Kier alpha value is -1.06. The number of para-hydroxylation sites is 1. The molecule has 0 aromatic heterocycles. The summed E-state index contributed by atoms with van der Waals surface area (Å²) in [6.07, 6.45) is 3.38. The van der Waals surface area contributed by atoms with Gasteiger partial charge in [0.1, 0.15) is 18.5 Å². The number of aliphatic hydroxyl groups excluding tert-OH is 1. The molecule has 0 spiro atoms. The third-order valence-electron chi connectivity index (χ3n) is 4.21. The Kier molecular flexibility index (Phi) is 5.44. The Labute approximate surface area is 122 Å². The summed E-state index contributed by atoms with van der Waals surface area (Å²) in [6.45, 7) is 8.52. The zero-order valence-electron chi connectivity index (χ0n) is 12.9. The molecule has 1 aromatic rings. The van der Waals surface area contributed by atoms with Crippen LogP contribution in [0.25, 0.3) is 0 Å². The number of hydrogen-bond donors (Lipinski definition) is 1. The van der Waals surface area contributed by atoms with Gasteiger partial charge in [-0.1, -0.05) is 24.6 Å². The van der Waals surface area contributed by atoms with E-state index in [1.54, 1.807) is 0 Å². The van der Waals surface area contributed by atoms with Gasteiger partial charge in [0.2, 0.25) is 0 Å². The van der Waals surface area contributed by atoms with Gasteiger partial charge in [-0.05, 0) is 51.3 Å². The predicted molar refractivity (Wildman–Crippen MR) is 82.3 cm³/mol. The molecule has 0 saturated carbocycles. The molecule has 0 amide bonds. The fourth-order valence-corrected chi connectivity index (χ4v) is 2.96. The minimum atomic E-state index is -0.422. The first-order chi connectivity index (χ1) is 9.58. The first-order valence-corrected chi connectivity index (χ1v) is 7.69. The molecule has 0 radical (unpaired) electrons. The fraction of sp³-hybridized carbons (Fsp3) is 0.647. The van der Waals surface area contributed by atoms with Crippen molar-refractivity contribution in [1.29, 1.82) is 0 Å². The van der Waals surface area contributed by atoms with Crippen LogP contribution < -0.4 is 4.74 Å². The van der Waals surface area contributed by atoms with Crippen LogP contribution in [0.15, 0.2) is 18.2 Å². The zero-order valence-corrected chi connectivity index (χ0v) is 12.9. The van der Waals surface area contributed by atoms with Crippen LogP contribution in [0.5, 0.6) is 5.75 Å². The van der Waals surface area contributed by atoms with E-state index in [0.717, 1.165) is 23.4 Å². The Balaban J connectivity index is 1.84. The largest absolute Gasteiger partial charge is 0.490 e. The monoisotopic (exact) mass is 277 g/mol. The van der Waals surface area contributed by atoms with Gasteiger partial charge in [0, 0.05) is 12.6 Å². The smallest absolute Gasteiger partial charge is 0.125 e. The topological polar surface area (TPSA) is 32.7 Å². The third kappa shape index (κ3) is 3.97. The molecule has 112 valence electrons. The third-order valence-corrected chi connectivity index (χ3v) is 4.21. The lowest BCUT2D eigenvalue weighted by molar-refractivity contribution is 0.0434. The highest BCUT2D eigenvalue weighted by Gasteiger charge is 2.21. The van der Waals surface area contributed by atoms with Crippen molar-refractivity contribution in [3.05, 3.63) is 29.3 Å². The molecule has 1 heterocycles. The lowest BCUT2D eigenvalue weighted by Crippen LogP contribution is -2.43. The highest BCUT2D eigenvalue weighted by molar-refractivity contribution is 5.39. The number of aryl methyl sites for hydroxylation is 2. The molecule has 20 heavy (non-hydrogen) atoms. The molecule has 0 bridgehead atoms. The lowest BCUT2D eigenvalue weighted by Gasteiger charge is -2.34. The van der Waals surface area contributed by atoms with E-state index in [1.165, 1.54) is 19.3 Å². The fourth-order valence-electron chi connectivity index (χ4n) is 2.96. The quantitative estimate of drug-likeness (QED) is 0.898. The van der Waals surface area contributed by atoms with E-state index in [9.17, 15) is 5.11 Å². The summed E-state index contributed by atoms with van der Waals surface area (Å²) < 4.78 is 5.83. The molecule has 1 aliphatic rings.